The van der Waals surface area contributed by atoms with Crippen molar-refractivity contribution >= 4 is 55.4 Å². The van der Waals surface area contributed by atoms with Gasteiger partial charge in [0.1, 0.15) is 23.1 Å². The Morgan fingerprint density at radius 2 is 1.75 bits per heavy atom. The molecule has 5 fully saturated rings. The second kappa shape index (κ2) is 18.2. The van der Waals surface area contributed by atoms with Crippen molar-refractivity contribution in [2.24, 2.45) is 5.41 Å². The van der Waals surface area contributed by atoms with E-state index < -0.39 is 37.5 Å². The van der Waals surface area contributed by atoms with E-state index in [-0.39, 0.29) is 41.4 Å². The van der Waals surface area contributed by atoms with Gasteiger partial charge in [0.2, 0.25) is 5.88 Å². The van der Waals surface area contributed by atoms with Crippen LogP contribution in [0.2, 0.25) is 0 Å². The number of aromatic nitrogens is 2. The minimum Gasteiger partial charge on any atom is -0.468 e. The van der Waals surface area contributed by atoms with Crippen LogP contribution in [0.4, 0.5) is 28.4 Å². The Hall–Kier alpha value is -5.83. The van der Waals surface area contributed by atoms with Crippen molar-refractivity contribution in [1.82, 2.24) is 19.6 Å². The number of rotatable bonds is 11. The number of nitro groups is 1. The zero-order valence-corrected chi connectivity index (χ0v) is 38.7. The zero-order valence-electron chi connectivity index (χ0n) is 37.9. The van der Waals surface area contributed by atoms with Crippen molar-refractivity contribution in [3.05, 3.63) is 106 Å². The van der Waals surface area contributed by atoms with Gasteiger partial charge in [-0.1, -0.05) is 24.3 Å². The molecule has 0 unspecified atom stereocenters. The van der Waals surface area contributed by atoms with Gasteiger partial charge in [0, 0.05) is 62.2 Å². The Morgan fingerprint density at radius 1 is 0.926 bits per heavy atom. The first kappa shape index (κ1) is 44.7. The van der Waals surface area contributed by atoms with Crippen molar-refractivity contribution in [3.8, 4) is 5.88 Å². The highest BCUT2D eigenvalue weighted by molar-refractivity contribution is 7.90. The second-order valence-electron chi connectivity index (χ2n) is 18.9. The molecule has 18 nitrogen and oxygen atoms in total. The fraction of sp³-hybridized carbons (Fsp3) is 0.469. The lowest BCUT2D eigenvalue weighted by Gasteiger charge is -2.57. The number of aromatic amines is 1. The summed E-state index contributed by atoms with van der Waals surface area (Å²) in [5.74, 6) is -0.521. The number of amides is 1. The SMILES string of the molecule is Cc1ccccc1[C@@H]1COCCN1C1CC2(CCN(c3ccc(C(=O)NS(=O)(=O)c4ccc(NC[C@H]5COCCO5)c([N+](=O)[O-])c4)c(N4c5cc6cc[nH]c6nc5O[C@H]5COCC[C@@H]54)c3)CC2)C1. The number of fused-ring (bicyclic) bond motifs is 3. The highest BCUT2D eigenvalue weighted by Gasteiger charge is 2.50. The molecule has 4 saturated heterocycles. The molecule has 2 aromatic heterocycles. The number of aryl methyl sites for hydroxylation is 1. The maximum Gasteiger partial charge on any atom is 0.293 e. The third kappa shape index (κ3) is 8.53. The fourth-order valence-electron chi connectivity index (χ4n) is 11.3. The van der Waals surface area contributed by atoms with Crippen LogP contribution in [-0.4, -0.2) is 131 Å². The van der Waals surface area contributed by atoms with Gasteiger partial charge in [0.25, 0.3) is 21.6 Å². The molecule has 1 amide bonds. The average Bonchev–Trinajstić information content (AvgIpc) is 3.81. The van der Waals surface area contributed by atoms with E-state index in [1.807, 2.05) is 24.3 Å². The van der Waals surface area contributed by atoms with Gasteiger partial charge < -0.3 is 43.8 Å². The summed E-state index contributed by atoms with van der Waals surface area (Å²) in [6.07, 6.45) is 5.97. The molecule has 3 aromatic carbocycles. The molecule has 1 aliphatic carbocycles. The molecule has 358 valence electrons. The number of nitrogens with one attached hydrogen (secondary N) is 3. The van der Waals surface area contributed by atoms with Crippen LogP contribution < -0.4 is 24.6 Å². The summed E-state index contributed by atoms with van der Waals surface area (Å²) < 4.78 is 59.9. The maximum atomic E-state index is 14.6. The number of nitrogens with zero attached hydrogens (tertiary/aromatic N) is 5. The van der Waals surface area contributed by atoms with E-state index in [4.69, 9.17) is 28.7 Å². The molecule has 5 aliphatic heterocycles. The van der Waals surface area contributed by atoms with Gasteiger partial charge in [-0.3, -0.25) is 19.8 Å². The van der Waals surface area contributed by atoms with Crippen molar-refractivity contribution < 1.29 is 41.8 Å². The number of carbonyl (C=O) groups is 1. The van der Waals surface area contributed by atoms with Crippen LogP contribution in [0.15, 0.2) is 83.9 Å². The van der Waals surface area contributed by atoms with Crippen molar-refractivity contribution in [3.63, 3.8) is 0 Å². The van der Waals surface area contributed by atoms with Gasteiger partial charge in [-0.25, -0.2) is 13.1 Å². The lowest BCUT2D eigenvalue weighted by Crippen LogP contribution is -2.58. The molecule has 4 atom stereocenters. The maximum absolute atomic E-state index is 14.6. The largest absolute Gasteiger partial charge is 0.468 e. The molecule has 1 spiro atoms. The number of H-pyrrole nitrogens is 1. The summed E-state index contributed by atoms with van der Waals surface area (Å²) in [4.78, 5) is 40.9. The summed E-state index contributed by atoms with van der Waals surface area (Å²) in [5, 5.41) is 16.1. The van der Waals surface area contributed by atoms with Gasteiger partial charge in [0.05, 0.1) is 78.9 Å². The van der Waals surface area contributed by atoms with Crippen LogP contribution in [0, 0.1) is 22.5 Å². The molecule has 6 aliphatic rings. The molecule has 0 radical (unpaired) electrons. The number of sulfonamides is 1. The monoisotopic (exact) mass is 948 g/mol. The number of carbonyl (C=O) groups excluding carboxylic acids is 1. The summed E-state index contributed by atoms with van der Waals surface area (Å²) >= 11 is 0. The first-order valence-electron chi connectivity index (χ1n) is 23.6. The molecular formula is C49H56N8O10S. The smallest absolute Gasteiger partial charge is 0.293 e. The van der Waals surface area contributed by atoms with E-state index in [0.717, 1.165) is 69.1 Å². The van der Waals surface area contributed by atoms with Crippen LogP contribution in [0.5, 0.6) is 5.88 Å². The molecule has 3 N–H and O–H groups in total. The first-order valence-corrected chi connectivity index (χ1v) is 25.1. The zero-order chi connectivity index (χ0) is 46.6. The van der Waals surface area contributed by atoms with Crippen LogP contribution >= 0.6 is 0 Å². The average molecular weight is 949 g/mol. The topological polar surface area (TPSA) is 203 Å². The Kier molecular flexibility index (Phi) is 12.0. The van der Waals surface area contributed by atoms with Gasteiger partial charge in [0.15, 0.2) is 0 Å². The number of pyridine rings is 1. The normalized spacial score (nSPS) is 24.1. The summed E-state index contributed by atoms with van der Waals surface area (Å²) in [5.41, 5.74) is 5.33. The summed E-state index contributed by atoms with van der Waals surface area (Å²) in [6.45, 7) is 8.40. The van der Waals surface area contributed by atoms with E-state index in [1.165, 1.54) is 23.3 Å². The lowest BCUT2D eigenvalue weighted by molar-refractivity contribution is -0.384. The van der Waals surface area contributed by atoms with Gasteiger partial charge in [-0.2, -0.15) is 4.98 Å². The fourth-order valence-corrected chi connectivity index (χ4v) is 12.2. The van der Waals surface area contributed by atoms with Crippen molar-refractivity contribution in [2.45, 2.75) is 74.3 Å². The van der Waals surface area contributed by atoms with Crippen LogP contribution in [0.25, 0.3) is 11.0 Å². The molecule has 1 saturated carbocycles. The number of hydrogen-bond donors (Lipinski definition) is 3. The Balaban J connectivity index is 0.878. The van der Waals surface area contributed by atoms with Crippen LogP contribution in [0.1, 0.15) is 59.6 Å². The van der Waals surface area contributed by atoms with Gasteiger partial charge in [-0.15, -0.1) is 0 Å². The van der Waals surface area contributed by atoms with E-state index in [9.17, 15) is 23.3 Å². The molecule has 11 rings (SSSR count). The Morgan fingerprint density at radius 3 is 2.56 bits per heavy atom. The molecular weight excluding hydrogens is 893 g/mol. The quantitative estimate of drug-likeness (QED) is 0.0992. The number of hydrogen-bond acceptors (Lipinski definition) is 15. The number of benzene rings is 3. The molecule has 19 heteroatoms. The minimum absolute atomic E-state index is 0.108. The number of morpholine rings is 1. The number of nitro benzene ring substituents is 1. The molecule has 68 heavy (non-hydrogen) atoms. The standard InChI is InChI=1S/C49H56N8O10S/c1-31-4-2-3-5-37(31)44-29-64-19-17-55(44)34-25-49(26-34)12-15-54(16-13-49)33-6-8-38(41(23-33)56-40-11-18-63-30-45(40)67-48-43(56)22-32-10-14-50-46(32)52-48)47(58)53-68(61,62)36-7-9-39(42(24-36)57(59)60)51-27-35-28-65-20-21-66-35/h2-10,14,22-24,34-35,40,44-45,51H,11-13,15-21,25-30H2,1H3,(H,50,52)(H,53,58)/t35-,40-,44-,45-/m0/s1. The van der Waals surface area contributed by atoms with Crippen molar-refractivity contribution in [1.29, 1.82) is 0 Å². The van der Waals surface area contributed by atoms with Gasteiger partial charge in [-0.05, 0) is 98.0 Å². The molecule has 7 heterocycles. The predicted octanol–water partition coefficient (Wildman–Crippen LogP) is 6.24. The van der Waals surface area contributed by atoms with E-state index in [0.29, 0.717) is 75.0 Å². The summed E-state index contributed by atoms with van der Waals surface area (Å²) in [6, 6.07) is 22.1. The van der Waals surface area contributed by atoms with Gasteiger partial charge >= 0.3 is 0 Å². The lowest BCUT2D eigenvalue weighted by atomic mass is 9.59. The predicted molar refractivity (Wildman–Crippen MR) is 253 cm³/mol. The second-order valence-corrected chi connectivity index (χ2v) is 20.6. The molecule has 5 aromatic rings. The number of anilines is 4. The van der Waals surface area contributed by atoms with E-state index in [2.05, 4.69) is 60.9 Å². The highest BCUT2D eigenvalue weighted by Crippen LogP contribution is 2.53. The third-order valence-corrected chi connectivity index (χ3v) is 16.2. The third-order valence-electron chi connectivity index (χ3n) is 14.9. The minimum atomic E-state index is -4.62. The van der Waals surface area contributed by atoms with E-state index in [1.54, 1.807) is 12.3 Å². The summed E-state index contributed by atoms with van der Waals surface area (Å²) in [7, 11) is -4.62. The molecule has 0 bridgehead atoms. The first-order chi connectivity index (χ1) is 33.0. The van der Waals surface area contributed by atoms with Crippen LogP contribution in [-0.2, 0) is 29.0 Å². The van der Waals surface area contributed by atoms with Crippen LogP contribution in [0.3, 0.4) is 0 Å². The Labute approximate surface area is 394 Å². The van der Waals surface area contributed by atoms with Crippen molar-refractivity contribution in [2.75, 3.05) is 87.5 Å². The Bertz CT molecular complexity index is 2820. The van der Waals surface area contributed by atoms with E-state index >= 15 is 0 Å². The highest BCUT2D eigenvalue weighted by atomic mass is 32.2. The number of ether oxygens (including phenoxy) is 5. The number of piperidine rings is 1.